The van der Waals surface area contributed by atoms with Gasteiger partial charge in [-0.3, -0.25) is 4.79 Å². The van der Waals surface area contributed by atoms with E-state index in [0.717, 1.165) is 35.8 Å². The number of thiazole rings is 1. The van der Waals surface area contributed by atoms with Crippen molar-refractivity contribution in [3.63, 3.8) is 0 Å². The highest BCUT2D eigenvalue weighted by Gasteiger charge is 2.18. The van der Waals surface area contributed by atoms with E-state index < -0.39 is 0 Å². The molecular weight excluding hydrogens is 448 g/mol. The van der Waals surface area contributed by atoms with Gasteiger partial charge < -0.3 is 19.5 Å². The molecule has 3 aromatic rings. The Kier molecular flexibility index (Phi) is 7.63. The molecular formula is C24H25ClN2O4S. The largest absolute Gasteiger partial charge is 0.489 e. The van der Waals surface area contributed by atoms with Crippen molar-refractivity contribution in [1.82, 2.24) is 4.98 Å². The number of hydrogen-bond acceptors (Lipinski definition) is 6. The SMILES string of the molecule is Cc1ccc(NC(=O)Cc2csc(COc3ccc(Cl)cc3)n2)c(OCC2CCCO2)c1. The molecule has 0 radical (unpaired) electrons. The van der Waals surface area contributed by atoms with Crippen LogP contribution in [0.5, 0.6) is 11.5 Å². The Morgan fingerprint density at radius 1 is 1.25 bits per heavy atom. The number of aryl methyl sites for hydroxylation is 1. The molecule has 1 unspecified atom stereocenters. The van der Waals surface area contributed by atoms with Crippen LogP contribution in [0.3, 0.4) is 0 Å². The average Bonchev–Trinajstić information content (AvgIpc) is 3.45. The summed E-state index contributed by atoms with van der Waals surface area (Å²) < 4.78 is 17.3. The van der Waals surface area contributed by atoms with Crippen molar-refractivity contribution in [3.05, 3.63) is 69.1 Å². The lowest BCUT2D eigenvalue weighted by Crippen LogP contribution is -2.19. The van der Waals surface area contributed by atoms with Crippen molar-refractivity contribution in [1.29, 1.82) is 0 Å². The monoisotopic (exact) mass is 472 g/mol. The number of aromatic nitrogens is 1. The topological polar surface area (TPSA) is 69.7 Å². The van der Waals surface area contributed by atoms with Crippen LogP contribution >= 0.6 is 22.9 Å². The highest BCUT2D eigenvalue weighted by Crippen LogP contribution is 2.27. The van der Waals surface area contributed by atoms with Gasteiger partial charge in [-0.05, 0) is 61.7 Å². The second kappa shape index (κ2) is 10.8. The highest BCUT2D eigenvalue weighted by atomic mass is 35.5. The van der Waals surface area contributed by atoms with Crippen molar-refractivity contribution in [2.45, 2.75) is 38.9 Å². The quantitative estimate of drug-likeness (QED) is 0.450. The molecule has 0 bridgehead atoms. The van der Waals surface area contributed by atoms with Gasteiger partial charge in [-0.25, -0.2) is 4.98 Å². The molecule has 1 aromatic heterocycles. The fraction of sp³-hybridized carbons (Fsp3) is 0.333. The maximum Gasteiger partial charge on any atom is 0.230 e. The number of benzene rings is 2. The van der Waals surface area contributed by atoms with E-state index in [2.05, 4.69) is 10.3 Å². The highest BCUT2D eigenvalue weighted by molar-refractivity contribution is 7.09. The van der Waals surface area contributed by atoms with Crippen LogP contribution in [0.25, 0.3) is 0 Å². The van der Waals surface area contributed by atoms with E-state index in [1.807, 2.05) is 42.6 Å². The third kappa shape index (κ3) is 6.45. The van der Waals surface area contributed by atoms with Gasteiger partial charge in [0.15, 0.2) is 0 Å². The van der Waals surface area contributed by atoms with E-state index in [4.69, 9.17) is 25.8 Å². The zero-order valence-electron chi connectivity index (χ0n) is 17.8. The minimum absolute atomic E-state index is 0.114. The molecule has 1 aliphatic heterocycles. The van der Waals surface area contributed by atoms with Gasteiger partial charge in [0, 0.05) is 17.0 Å². The molecule has 1 saturated heterocycles. The van der Waals surface area contributed by atoms with Crippen molar-refractivity contribution in [2.75, 3.05) is 18.5 Å². The third-order valence-electron chi connectivity index (χ3n) is 4.98. The second-order valence-electron chi connectivity index (χ2n) is 7.65. The normalized spacial score (nSPS) is 15.5. The maximum absolute atomic E-state index is 12.6. The number of ether oxygens (including phenoxy) is 3. The standard InChI is InChI=1S/C24H25ClN2O4S/c1-16-4-9-21(22(11-16)31-13-20-3-2-10-29-20)27-23(28)12-18-15-32-24(26-18)14-30-19-7-5-17(25)6-8-19/h4-9,11,15,20H,2-3,10,12-14H2,1H3,(H,27,28). The van der Waals surface area contributed by atoms with E-state index in [-0.39, 0.29) is 18.4 Å². The first-order valence-electron chi connectivity index (χ1n) is 10.5. The van der Waals surface area contributed by atoms with Crippen molar-refractivity contribution < 1.29 is 19.0 Å². The zero-order chi connectivity index (χ0) is 22.3. The van der Waals surface area contributed by atoms with Crippen molar-refractivity contribution >= 4 is 34.5 Å². The van der Waals surface area contributed by atoms with Gasteiger partial charge in [-0.15, -0.1) is 11.3 Å². The molecule has 1 amide bonds. The van der Waals surface area contributed by atoms with Gasteiger partial charge in [-0.1, -0.05) is 17.7 Å². The van der Waals surface area contributed by atoms with Gasteiger partial charge in [0.1, 0.15) is 29.7 Å². The summed E-state index contributed by atoms with van der Waals surface area (Å²) in [5.41, 5.74) is 2.42. The smallest absolute Gasteiger partial charge is 0.230 e. The van der Waals surface area contributed by atoms with Gasteiger partial charge >= 0.3 is 0 Å². The number of hydrogen-bond donors (Lipinski definition) is 1. The lowest BCUT2D eigenvalue weighted by molar-refractivity contribution is -0.115. The molecule has 6 nitrogen and oxygen atoms in total. The summed E-state index contributed by atoms with van der Waals surface area (Å²) >= 11 is 7.35. The molecule has 2 aromatic carbocycles. The van der Waals surface area contributed by atoms with Crippen LogP contribution in [-0.2, 0) is 22.6 Å². The second-order valence-corrected chi connectivity index (χ2v) is 9.02. The molecule has 168 valence electrons. The van der Waals surface area contributed by atoms with Crippen LogP contribution in [-0.4, -0.2) is 30.2 Å². The molecule has 2 heterocycles. The van der Waals surface area contributed by atoms with Crippen LogP contribution in [0.15, 0.2) is 47.8 Å². The summed E-state index contributed by atoms with van der Waals surface area (Å²) in [4.78, 5) is 17.1. The number of carbonyl (C=O) groups is 1. The molecule has 0 spiro atoms. The van der Waals surface area contributed by atoms with Gasteiger partial charge in [-0.2, -0.15) is 0 Å². The molecule has 0 aliphatic carbocycles. The number of nitrogens with one attached hydrogen (secondary N) is 1. The molecule has 1 atom stereocenters. The predicted molar refractivity (Wildman–Crippen MR) is 126 cm³/mol. The van der Waals surface area contributed by atoms with Gasteiger partial charge in [0.2, 0.25) is 5.91 Å². The number of amides is 1. The van der Waals surface area contributed by atoms with E-state index in [9.17, 15) is 4.79 Å². The van der Waals surface area contributed by atoms with Crippen LogP contribution in [0, 0.1) is 6.92 Å². The Balaban J connectivity index is 1.31. The summed E-state index contributed by atoms with van der Waals surface area (Å²) in [5.74, 6) is 1.23. The molecule has 1 N–H and O–H groups in total. The Morgan fingerprint density at radius 3 is 2.88 bits per heavy atom. The Labute approximate surface area is 196 Å². The molecule has 8 heteroatoms. The summed E-state index contributed by atoms with van der Waals surface area (Å²) in [7, 11) is 0. The molecule has 32 heavy (non-hydrogen) atoms. The number of anilines is 1. The van der Waals surface area contributed by atoms with Gasteiger partial charge in [0.25, 0.3) is 0 Å². The first-order chi connectivity index (χ1) is 15.5. The van der Waals surface area contributed by atoms with Crippen LogP contribution in [0.1, 0.15) is 29.1 Å². The van der Waals surface area contributed by atoms with Crippen LogP contribution in [0.4, 0.5) is 5.69 Å². The predicted octanol–water partition coefficient (Wildman–Crippen LogP) is 5.42. The maximum atomic E-state index is 12.6. The van der Waals surface area contributed by atoms with Crippen molar-refractivity contribution in [2.24, 2.45) is 0 Å². The number of nitrogens with zero attached hydrogens (tertiary/aromatic N) is 1. The van der Waals surface area contributed by atoms with E-state index >= 15 is 0 Å². The number of rotatable bonds is 9. The fourth-order valence-electron chi connectivity index (χ4n) is 3.34. The molecule has 4 rings (SSSR count). The lowest BCUT2D eigenvalue weighted by atomic mass is 10.2. The van der Waals surface area contributed by atoms with Crippen molar-refractivity contribution in [3.8, 4) is 11.5 Å². The van der Waals surface area contributed by atoms with Crippen LogP contribution < -0.4 is 14.8 Å². The summed E-state index contributed by atoms with van der Waals surface area (Å²) in [6, 6.07) is 12.9. The number of halogens is 1. The molecule has 1 aliphatic rings. The van der Waals surface area contributed by atoms with E-state index in [1.54, 1.807) is 12.1 Å². The zero-order valence-corrected chi connectivity index (χ0v) is 19.4. The minimum Gasteiger partial charge on any atom is -0.489 e. The summed E-state index contributed by atoms with van der Waals surface area (Å²) in [6.07, 6.45) is 2.35. The summed E-state index contributed by atoms with van der Waals surface area (Å²) in [6.45, 7) is 3.60. The third-order valence-corrected chi connectivity index (χ3v) is 6.10. The minimum atomic E-state index is -0.147. The fourth-order valence-corrected chi connectivity index (χ4v) is 4.17. The van der Waals surface area contributed by atoms with Gasteiger partial charge in [0.05, 0.1) is 23.9 Å². The number of carbonyl (C=O) groups excluding carboxylic acids is 1. The van der Waals surface area contributed by atoms with E-state index in [1.165, 1.54) is 11.3 Å². The Bertz CT molecular complexity index is 1050. The lowest BCUT2D eigenvalue weighted by Gasteiger charge is -2.16. The molecule has 0 saturated carbocycles. The Hall–Kier alpha value is -2.61. The van der Waals surface area contributed by atoms with Crippen LogP contribution in [0.2, 0.25) is 5.02 Å². The first-order valence-corrected chi connectivity index (χ1v) is 11.8. The average molecular weight is 473 g/mol. The molecule has 1 fully saturated rings. The Morgan fingerprint density at radius 2 is 2.09 bits per heavy atom. The summed E-state index contributed by atoms with van der Waals surface area (Å²) in [5, 5.41) is 6.29. The van der Waals surface area contributed by atoms with E-state index in [0.29, 0.717) is 35.4 Å². The first kappa shape index (κ1) is 22.6.